The Balaban J connectivity index is 1.49. The maximum atomic E-state index is 13.6. The highest BCUT2D eigenvalue weighted by Gasteiger charge is 2.52. The molecule has 0 saturated heterocycles. The zero-order chi connectivity index (χ0) is 24.6. The van der Waals surface area contributed by atoms with Crippen LogP contribution in [0.25, 0.3) is 16.6 Å². The molecule has 2 heterocycles. The predicted molar refractivity (Wildman–Crippen MR) is 135 cm³/mol. The minimum atomic E-state index is -1.70. The lowest BCUT2D eigenvalue weighted by Crippen LogP contribution is -2.44. The van der Waals surface area contributed by atoms with E-state index in [-0.39, 0.29) is 18.7 Å². The summed E-state index contributed by atoms with van der Waals surface area (Å²) in [6, 6.07) is 22.1. The van der Waals surface area contributed by atoms with Gasteiger partial charge in [-0.05, 0) is 42.3 Å². The van der Waals surface area contributed by atoms with E-state index in [0.29, 0.717) is 28.7 Å². The first-order chi connectivity index (χ1) is 16.9. The van der Waals surface area contributed by atoms with Gasteiger partial charge in [0.1, 0.15) is 0 Å². The van der Waals surface area contributed by atoms with Crippen molar-refractivity contribution in [3.8, 4) is 5.69 Å². The van der Waals surface area contributed by atoms with Gasteiger partial charge in [-0.3, -0.25) is 14.7 Å². The number of fused-ring (bicyclic) bond motifs is 2. The maximum Gasteiger partial charge on any atom is 0.279 e. The van der Waals surface area contributed by atoms with Crippen LogP contribution in [0, 0.1) is 5.92 Å². The number of carbonyl (C=O) groups excluding carboxylic acids is 1. The highest BCUT2D eigenvalue weighted by molar-refractivity contribution is 6.07. The van der Waals surface area contributed by atoms with E-state index in [4.69, 9.17) is 5.11 Å². The summed E-state index contributed by atoms with van der Waals surface area (Å²) < 4.78 is 1.50. The summed E-state index contributed by atoms with van der Waals surface area (Å²) in [5.74, 6) is -0.878. The molecule has 0 aliphatic carbocycles. The Labute approximate surface area is 202 Å². The molecule has 3 aromatic carbocycles. The number of amides is 1. The summed E-state index contributed by atoms with van der Waals surface area (Å²) in [7, 11) is 0. The number of anilines is 1. The lowest BCUT2D eigenvalue weighted by molar-refractivity contribution is -0.139. The number of hydrogen-bond acceptors (Lipinski definition) is 4. The largest absolute Gasteiger partial charge is 0.396 e. The van der Waals surface area contributed by atoms with Crippen molar-refractivity contribution in [1.29, 1.82) is 0 Å². The van der Waals surface area contributed by atoms with E-state index in [2.05, 4.69) is 5.10 Å². The molecule has 1 aliphatic heterocycles. The summed E-state index contributed by atoms with van der Waals surface area (Å²) in [5.41, 5.74) is 1.62. The van der Waals surface area contributed by atoms with Crippen molar-refractivity contribution in [3.05, 3.63) is 106 Å². The number of aromatic nitrogens is 2. The van der Waals surface area contributed by atoms with Crippen LogP contribution in [-0.2, 0) is 16.9 Å². The first kappa shape index (κ1) is 22.8. The van der Waals surface area contributed by atoms with Gasteiger partial charge in [-0.2, -0.15) is 0 Å². The van der Waals surface area contributed by atoms with E-state index in [1.807, 2.05) is 60.7 Å². The smallest absolute Gasteiger partial charge is 0.279 e. The molecule has 0 radical (unpaired) electrons. The molecule has 0 bridgehead atoms. The third-order valence-corrected chi connectivity index (χ3v) is 6.66. The minimum absolute atomic E-state index is 0.00804. The average molecular weight is 470 g/mol. The second kappa shape index (κ2) is 9.02. The normalized spacial score (nSPS) is 18.5. The van der Waals surface area contributed by atoms with Crippen molar-refractivity contribution in [2.24, 2.45) is 5.92 Å². The van der Waals surface area contributed by atoms with Crippen LogP contribution in [0.4, 0.5) is 5.69 Å². The maximum absolute atomic E-state index is 13.6. The highest BCUT2D eigenvalue weighted by atomic mass is 16.3. The summed E-state index contributed by atoms with van der Waals surface area (Å²) in [6.45, 7) is 2.05. The van der Waals surface area contributed by atoms with E-state index in [9.17, 15) is 14.7 Å². The van der Waals surface area contributed by atoms with Gasteiger partial charge in [0.25, 0.3) is 11.5 Å². The summed E-state index contributed by atoms with van der Waals surface area (Å²) in [5, 5.41) is 24.4. The van der Waals surface area contributed by atoms with Crippen molar-refractivity contribution < 1.29 is 15.0 Å². The van der Waals surface area contributed by atoms with Gasteiger partial charge in [-0.15, -0.1) is 0 Å². The first-order valence-electron chi connectivity index (χ1n) is 11.7. The number of para-hydroxylation sites is 2. The van der Waals surface area contributed by atoms with E-state index in [0.717, 1.165) is 11.1 Å². The molecule has 0 saturated carbocycles. The van der Waals surface area contributed by atoms with Gasteiger partial charge in [0.05, 0.1) is 28.8 Å². The number of aromatic amines is 1. The average Bonchev–Trinajstić information content (AvgIpc) is 3.33. The van der Waals surface area contributed by atoms with Crippen LogP contribution in [0.3, 0.4) is 0 Å². The topological polar surface area (TPSA) is 98.6 Å². The fourth-order valence-electron chi connectivity index (χ4n) is 4.79. The quantitative estimate of drug-likeness (QED) is 0.360. The van der Waals surface area contributed by atoms with Gasteiger partial charge in [-0.1, -0.05) is 61.5 Å². The van der Waals surface area contributed by atoms with Gasteiger partial charge in [-0.25, -0.2) is 4.68 Å². The van der Waals surface area contributed by atoms with Gasteiger partial charge in [0, 0.05) is 18.1 Å². The molecule has 1 amide bonds. The third-order valence-electron chi connectivity index (χ3n) is 6.66. The van der Waals surface area contributed by atoms with E-state index >= 15 is 0 Å². The lowest BCUT2D eigenvalue weighted by Gasteiger charge is -2.27. The van der Waals surface area contributed by atoms with E-state index in [1.54, 1.807) is 36.1 Å². The molecular formula is C28H27N3O4. The fraction of sp³-hybridized carbons (Fsp3) is 0.214. The lowest BCUT2D eigenvalue weighted by atomic mass is 9.83. The van der Waals surface area contributed by atoms with Gasteiger partial charge >= 0.3 is 0 Å². The Kier molecular flexibility index (Phi) is 5.88. The van der Waals surface area contributed by atoms with Crippen LogP contribution < -0.4 is 10.5 Å². The zero-order valence-corrected chi connectivity index (χ0v) is 19.4. The fourth-order valence-corrected chi connectivity index (χ4v) is 4.79. The molecule has 0 spiro atoms. The summed E-state index contributed by atoms with van der Waals surface area (Å²) in [4.78, 5) is 28.1. The first-order valence-corrected chi connectivity index (χ1v) is 11.7. The molecule has 0 fully saturated rings. The van der Waals surface area contributed by atoms with Gasteiger partial charge < -0.3 is 15.1 Å². The molecule has 1 aliphatic rings. The number of carbonyl (C=O) groups is 1. The highest BCUT2D eigenvalue weighted by Crippen LogP contribution is 2.45. The Morgan fingerprint density at radius 3 is 2.60 bits per heavy atom. The molecule has 4 aromatic rings. The molecule has 2 atom stereocenters. The number of aliphatic hydroxyl groups is 2. The number of benzene rings is 3. The molecule has 7 heteroatoms. The minimum Gasteiger partial charge on any atom is -0.396 e. The van der Waals surface area contributed by atoms with Gasteiger partial charge in [0.2, 0.25) is 0 Å². The van der Waals surface area contributed by atoms with Crippen LogP contribution in [0.1, 0.15) is 24.5 Å². The Bertz CT molecular complexity index is 1480. The number of rotatable bonds is 7. The number of hydrogen-bond donors (Lipinski definition) is 3. The van der Waals surface area contributed by atoms with Crippen molar-refractivity contribution in [3.63, 3.8) is 0 Å². The zero-order valence-electron chi connectivity index (χ0n) is 19.4. The van der Waals surface area contributed by atoms with Crippen LogP contribution >= 0.6 is 0 Å². The van der Waals surface area contributed by atoms with Crippen molar-refractivity contribution >= 4 is 22.5 Å². The molecule has 3 N–H and O–H groups in total. The van der Waals surface area contributed by atoms with E-state index in [1.165, 1.54) is 4.68 Å². The number of nitrogens with one attached hydrogen (secondary N) is 1. The van der Waals surface area contributed by atoms with Crippen LogP contribution in [0.5, 0.6) is 0 Å². The second-order valence-corrected chi connectivity index (χ2v) is 8.87. The van der Waals surface area contributed by atoms with Crippen molar-refractivity contribution in [2.75, 3.05) is 11.5 Å². The molecule has 7 nitrogen and oxygen atoms in total. The molecule has 0 unspecified atom stereocenters. The predicted octanol–water partition coefficient (Wildman–Crippen LogP) is 3.63. The molecular weight excluding hydrogens is 442 g/mol. The molecule has 178 valence electrons. The van der Waals surface area contributed by atoms with Gasteiger partial charge in [0.15, 0.2) is 5.60 Å². The van der Waals surface area contributed by atoms with E-state index < -0.39 is 17.4 Å². The Hall–Kier alpha value is -3.94. The molecule has 35 heavy (non-hydrogen) atoms. The molecule has 5 rings (SSSR count). The number of H-pyrrole nitrogens is 1. The third kappa shape index (κ3) is 3.79. The standard InChI is InChI=1S/C28H27N3O4/c1-19(9-6-7-16-32)28(35)23-13-3-5-15-25(23)30(27(28)34)18-20-10-8-11-21(17-20)31-26(33)22-12-2-4-14-24(22)29-31/h2-6,8-15,17,19,29,32,35H,7,16,18H2,1H3/b9-6+/t19-,28+/m1/s1. The summed E-state index contributed by atoms with van der Waals surface area (Å²) in [6.07, 6.45) is 4.01. The number of aliphatic hydroxyl groups excluding tert-OH is 1. The SMILES string of the molecule is C[C@H](/C=C/CCO)[C@@]1(O)C(=O)N(Cc2cccc(-n3[nH]c4ccccc4c3=O)c2)c2ccccc21. The molecule has 1 aromatic heterocycles. The Morgan fingerprint density at radius 1 is 1.03 bits per heavy atom. The number of nitrogens with zero attached hydrogens (tertiary/aromatic N) is 2. The van der Waals surface area contributed by atoms with Crippen LogP contribution in [0.15, 0.2) is 89.7 Å². The summed E-state index contributed by atoms with van der Waals surface area (Å²) >= 11 is 0. The Morgan fingerprint density at radius 2 is 1.80 bits per heavy atom. The second-order valence-electron chi connectivity index (χ2n) is 8.87. The monoisotopic (exact) mass is 469 g/mol. The van der Waals surface area contributed by atoms with Crippen LogP contribution in [-0.4, -0.2) is 32.5 Å². The van der Waals surface area contributed by atoms with Crippen LogP contribution in [0.2, 0.25) is 0 Å². The van der Waals surface area contributed by atoms with Crippen molar-refractivity contribution in [1.82, 2.24) is 9.78 Å². The van der Waals surface area contributed by atoms with Crippen molar-refractivity contribution in [2.45, 2.75) is 25.5 Å².